The molecule has 74 valence electrons. The Hall–Kier alpha value is -0.640. The van der Waals surface area contributed by atoms with Gasteiger partial charge >= 0.3 is 0 Å². The first-order valence-electron chi connectivity index (χ1n) is 4.78. The molecule has 0 saturated heterocycles. The minimum atomic E-state index is 0. The summed E-state index contributed by atoms with van der Waals surface area (Å²) in [5.74, 6) is 0. The fraction of sp³-hybridized carbons (Fsp3) is 0.250. The molecule has 0 spiro atoms. The molecule has 0 atom stereocenters. The lowest BCUT2D eigenvalue weighted by Crippen LogP contribution is -3.00. The predicted octanol–water partition coefficient (Wildman–Crippen LogP) is -0.459. The number of benzene rings is 1. The zero-order valence-corrected chi connectivity index (χ0v) is 10.4. The van der Waals surface area contributed by atoms with Crippen molar-refractivity contribution in [3.8, 4) is 0 Å². The highest BCUT2D eigenvalue weighted by molar-refractivity contribution is 5.80. The van der Waals surface area contributed by atoms with E-state index in [9.17, 15) is 0 Å². The third kappa shape index (κ3) is 2.44. The normalized spacial score (nSPS) is 9.79. The highest BCUT2D eigenvalue weighted by Crippen LogP contribution is 2.09. The van der Waals surface area contributed by atoms with Crippen molar-refractivity contribution in [2.24, 2.45) is 0 Å². The molecule has 0 aliphatic heterocycles. The van der Waals surface area contributed by atoms with E-state index < -0.39 is 0 Å². The third-order valence-electron chi connectivity index (χ3n) is 2.23. The fourth-order valence-corrected chi connectivity index (χ4v) is 1.58. The Morgan fingerprint density at radius 2 is 1.79 bits per heavy atom. The summed E-state index contributed by atoms with van der Waals surface area (Å²) in [6, 6.07) is 10.6. The number of rotatable bonds is 2. The molecule has 2 aromatic rings. The van der Waals surface area contributed by atoms with E-state index in [2.05, 4.69) is 54.2 Å². The van der Waals surface area contributed by atoms with Crippen LogP contribution >= 0.6 is 0 Å². The summed E-state index contributed by atoms with van der Waals surface area (Å²) in [6.07, 6.45) is 5.54. The van der Waals surface area contributed by atoms with Crippen LogP contribution in [0.25, 0.3) is 10.8 Å². The molecule has 2 heteroatoms. The lowest BCUT2D eigenvalue weighted by Gasteiger charge is -1.96. The molecule has 0 radical (unpaired) electrons. The number of pyridine rings is 1. The van der Waals surface area contributed by atoms with E-state index in [0.717, 1.165) is 6.54 Å². The van der Waals surface area contributed by atoms with Crippen molar-refractivity contribution >= 4 is 10.8 Å². The SMILES string of the molecule is CCC[n+]1ccc2ccccc2c1.[I-]. The van der Waals surface area contributed by atoms with Gasteiger partial charge in [-0.05, 0) is 11.5 Å². The molecule has 0 aliphatic rings. The Labute approximate surface area is 102 Å². The number of hydrogen-bond acceptors (Lipinski definition) is 0. The monoisotopic (exact) mass is 299 g/mol. The largest absolute Gasteiger partial charge is 1.00 e. The van der Waals surface area contributed by atoms with Crippen LogP contribution in [0, 0.1) is 0 Å². The zero-order valence-electron chi connectivity index (χ0n) is 8.28. The Kier molecular flexibility index (Phi) is 4.32. The average Bonchev–Trinajstić information content (AvgIpc) is 2.18. The van der Waals surface area contributed by atoms with E-state index in [0.29, 0.717) is 0 Å². The summed E-state index contributed by atoms with van der Waals surface area (Å²) in [4.78, 5) is 0. The molecule has 0 bridgehead atoms. The average molecular weight is 299 g/mol. The first-order chi connectivity index (χ1) is 6.40. The molecule has 0 fully saturated rings. The van der Waals surface area contributed by atoms with Crippen LogP contribution in [0.5, 0.6) is 0 Å². The van der Waals surface area contributed by atoms with Crippen LogP contribution in [0.2, 0.25) is 0 Å². The number of halogens is 1. The minimum absolute atomic E-state index is 0. The van der Waals surface area contributed by atoms with E-state index in [1.54, 1.807) is 0 Å². The van der Waals surface area contributed by atoms with Gasteiger partial charge in [-0.1, -0.05) is 25.1 Å². The van der Waals surface area contributed by atoms with Crippen molar-refractivity contribution in [3.05, 3.63) is 42.7 Å². The van der Waals surface area contributed by atoms with Crippen LogP contribution in [-0.2, 0) is 6.54 Å². The van der Waals surface area contributed by atoms with Gasteiger partial charge in [-0.15, -0.1) is 0 Å². The van der Waals surface area contributed by atoms with Gasteiger partial charge in [0.05, 0.1) is 0 Å². The maximum Gasteiger partial charge on any atom is 0.176 e. The van der Waals surface area contributed by atoms with Gasteiger partial charge in [0.1, 0.15) is 6.54 Å². The van der Waals surface area contributed by atoms with Crippen LogP contribution in [0.4, 0.5) is 0 Å². The molecule has 0 N–H and O–H groups in total. The summed E-state index contributed by atoms with van der Waals surface area (Å²) >= 11 is 0. The zero-order chi connectivity index (χ0) is 9.10. The summed E-state index contributed by atoms with van der Waals surface area (Å²) in [7, 11) is 0. The Morgan fingerprint density at radius 3 is 2.50 bits per heavy atom. The quantitative estimate of drug-likeness (QED) is 0.522. The van der Waals surface area contributed by atoms with Crippen molar-refractivity contribution in [1.29, 1.82) is 0 Å². The van der Waals surface area contributed by atoms with Crippen LogP contribution in [0.3, 0.4) is 0 Å². The molecule has 1 heterocycles. The molecule has 1 aromatic heterocycles. The predicted molar refractivity (Wildman–Crippen MR) is 54.4 cm³/mol. The van der Waals surface area contributed by atoms with Gasteiger partial charge in [0.2, 0.25) is 0 Å². The van der Waals surface area contributed by atoms with Crippen LogP contribution in [-0.4, -0.2) is 0 Å². The molecule has 0 amide bonds. The molecule has 0 saturated carbocycles. The first kappa shape index (κ1) is 11.4. The van der Waals surface area contributed by atoms with E-state index in [1.165, 1.54) is 17.2 Å². The van der Waals surface area contributed by atoms with E-state index >= 15 is 0 Å². The Bertz CT molecular complexity index is 412. The Morgan fingerprint density at radius 1 is 1.07 bits per heavy atom. The molecule has 0 unspecified atom stereocenters. The Balaban J connectivity index is 0.000000980. The fourth-order valence-electron chi connectivity index (χ4n) is 1.58. The second-order valence-electron chi connectivity index (χ2n) is 3.31. The van der Waals surface area contributed by atoms with Gasteiger partial charge in [0, 0.05) is 17.9 Å². The molecule has 14 heavy (non-hydrogen) atoms. The minimum Gasteiger partial charge on any atom is -1.00 e. The molecule has 0 aliphatic carbocycles. The third-order valence-corrected chi connectivity index (χ3v) is 2.23. The lowest BCUT2D eigenvalue weighted by molar-refractivity contribution is -0.695. The van der Waals surface area contributed by atoms with Gasteiger partial charge in [-0.25, -0.2) is 4.57 Å². The topological polar surface area (TPSA) is 3.88 Å². The van der Waals surface area contributed by atoms with Gasteiger partial charge in [-0.3, -0.25) is 0 Å². The van der Waals surface area contributed by atoms with E-state index in [-0.39, 0.29) is 24.0 Å². The van der Waals surface area contributed by atoms with Crippen LogP contribution < -0.4 is 28.5 Å². The molecular weight excluding hydrogens is 285 g/mol. The highest BCUT2D eigenvalue weighted by Gasteiger charge is 1.99. The van der Waals surface area contributed by atoms with Gasteiger partial charge in [0.15, 0.2) is 12.4 Å². The molecule has 1 aromatic carbocycles. The van der Waals surface area contributed by atoms with Crippen molar-refractivity contribution in [2.45, 2.75) is 19.9 Å². The maximum atomic E-state index is 2.24. The van der Waals surface area contributed by atoms with E-state index in [4.69, 9.17) is 0 Å². The summed E-state index contributed by atoms with van der Waals surface area (Å²) in [5.41, 5.74) is 0. The first-order valence-corrected chi connectivity index (χ1v) is 4.78. The second-order valence-corrected chi connectivity index (χ2v) is 3.31. The van der Waals surface area contributed by atoms with Crippen LogP contribution in [0.15, 0.2) is 42.7 Å². The maximum absolute atomic E-state index is 2.24. The lowest BCUT2D eigenvalue weighted by atomic mass is 10.2. The number of aromatic nitrogens is 1. The van der Waals surface area contributed by atoms with Gasteiger partial charge in [0.25, 0.3) is 0 Å². The van der Waals surface area contributed by atoms with Crippen LogP contribution in [0.1, 0.15) is 13.3 Å². The summed E-state index contributed by atoms with van der Waals surface area (Å²) in [5, 5.41) is 2.63. The molecule has 1 nitrogen and oxygen atoms in total. The van der Waals surface area contributed by atoms with Crippen molar-refractivity contribution < 1.29 is 28.5 Å². The highest BCUT2D eigenvalue weighted by atomic mass is 127. The van der Waals surface area contributed by atoms with Crippen molar-refractivity contribution in [3.63, 3.8) is 0 Å². The van der Waals surface area contributed by atoms with Crippen molar-refractivity contribution in [1.82, 2.24) is 0 Å². The smallest absolute Gasteiger partial charge is 0.176 e. The number of nitrogens with zero attached hydrogens (tertiary/aromatic N) is 1. The van der Waals surface area contributed by atoms with E-state index in [1.807, 2.05) is 0 Å². The standard InChI is InChI=1S/C12H14N.HI/c1-2-8-13-9-7-11-5-3-4-6-12(11)10-13;/h3-7,9-10H,2,8H2,1H3;1H/q+1;/p-1. The molecule has 2 rings (SSSR count). The number of hydrogen-bond donors (Lipinski definition) is 0. The second kappa shape index (κ2) is 5.29. The number of aryl methyl sites for hydroxylation is 1. The van der Waals surface area contributed by atoms with Gasteiger partial charge in [-0.2, -0.15) is 0 Å². The number of fused-ring (bicyclic) bond motifs is 1. The summed E-state index contributed by atoms with van der Waals surface area (Å²) < 4.78 is 2.24. The molecular formula is C12H14IN. The summed E-state index contributed by atoms with van der Waals surface area (Å²) in [6.45, 7) is 3.30. The van der Waals surface area contributed by atoms with Gasteiger partial charge < -0.3 is 24.0 Å². The van der Waals surface area contributed by atoms with Crippen molar-refractivity contribution in [2.75, 3.05) is 0 Å².